The molecule has 0 aromatic heterocycles. The maximum atomic E-state index is 6.06. The molecule has 0 aliphatic rings. The van der Waals surface area contributed by atoms with Gasteiger partial charge in [0.25, 0.3) is 0 Å². The summed E-state index contributed by atoms with van der Waals surface area (Å²) in [5.74, 6) is 0.711. The summed E-state index contributed by atoms with van der Waals surface area (Å²) in [6, 6.07) is 0.419. The number of unbranched alkanes of at least 4 members (excludes halogenated alkanes) is 11. The monoisotopic (exact) mass is 283 g/mol. The summed E-state index contributed by atoms with van der Waals surface area (Å²) < 4.78 is 0. The highest BCUT2D eigenvalue weighted by atomic mass is 14.6. The Morgan fingerprint density at radius 2 is 1.05 bits per heavy atom. The third kappa shape index (κ3) is 13.0. The summed E-state index contributed by atoms with van der Waals surface area (Å²) in [7, 11) is 0. The highest BCUT2D eigenvalue weighted by Gasteiger charge is 2.09. The Bertz CT molecular complexity index is 179. The first-order valence-electron chi connectivity index (χ1n) is 9.47. The topological polar surface area (TPSA) is 26.0 Å². The molecule has 20 heavy (non-hydrogen) atoms. The lowest BCUT2D eigenvalue weighted by atomic mass is 9.94. The minimum atomic E-state index is 0.419. The lowest BCUT2D eigenvalue weighted by molar-refractivity contribution is 0.396. The molecule has 1 heteroatoms. The van der Waals surface area contributed by atoms with Gasteiger partial charge in [-0.2, -0.15) is 0 Å². The number of hydrogen-bond donors (Lipinski definition) is 1. The van der Waals surface area contributed by atoms with Crippen LogP contribution in [-0.4, -0.2) is 6.04 Å². The molecule has 0 aromatic rings. The van der Waals surface area contributed by atoms with E-state index in [0.29, 0.717) is 12.0 Å². The van der Waals surface area contributed by atoms with Crippen LogP contribution in [0.3, 0.4) is 0 Å². The highest BCUT2D eigenvalue weighted by Crippen LogP contribution is 2.16. The van der Waals surface area contributed by atoms with E-state index in [2.05, 4.69) is 20.8 Å². The first-order chi connectivity index (χ1) is 9.72. The minimum Gasteiger partial charge on any atom is -0.327 e. The van der Waals surface area contributed by atoms with Crippen LogP contribution in [0.1, 0.15) is 111 Å². The molecule has 0 spiro atoms. The zero-order chi connectivity index (χ0) is 15.1. The predicted molar refractivity (Wildman–Crippen MR) is 93.1 cm³/mol. The molecule has 0 aromatic carbocycles. The largest absolute Gasteiger partial charge is 0.327 e. The molecule has 0 fully saturated rings. The van der Waals surface area contributed by atoms with Gasteiger partial charge in [0, 0.05) is 6.04 Å². The van der Waals surface area contributed by atoms with Crippen molar-refractivity contribution in [2.45, 2.75) is 117 Å². The van der Waals surface area contributed by atoms with E-state index in [1.165, 1.54) is 83.5 Å². The standard InChI is InChI=1S/C19H41N/c1-4-6-7-8-9-10-11-12-13-14-15-16-17-18(3)19(20)5-2/h18-19H,4-17,20H2,1-3H3. The number of nitrogens with two attached hydrogens (primary N) is 1. The van der Waals surface area contributed by atoms with Crippen LogP contribution in [0.15, 0.2) is 0 Å². The Kier molecular flexibility index (Phi) is 15.3. The van der Waals surface area contributed by atoms with Crippen LogP contribution < -0.4 is 5.73 Å². The third-order valence-electron chi connectivity index (χ3n) is 4.72. The van der Waals surface area contributed by atoms with E-state index >= 15 is 0 Å². The van der Waals surface area contributed by atoms with Crippen molar-refractivity contribution in [2.24, 2.45) is 11.7 Å². The molecule has 2 unspecified atom stereocenters. The van der Waals surface area contributed by atoms with Crippen LogP contribution in [-0.2, 0) is 0 Å². The molecule has 0 rings (SSSR count). The van der Waals surface area contributed by atoms with Crippen molar-refractivity contribution in [3.63, 3.8) is 0 Å². The van der Waals surface area contributed by atoms with Gasteiger partial charge in [0.1, 0.15) is 0 Å². The molecule has 1 nitrogen and oxygen atoms in total. The quantitative estimate of drug-likeness (QED) is 0.343. The zero-order valence-corrected chi connectivity index (χ0v) is 14.6. The van der Waals surface area contributed by atoms with Gasteiger partial charge in [-0.3, -0.25) is 0 Å². The van der Waals surface area contributed by atoms with Gasteiger partial charge in [0.15, 0.2) is 0 Å². The average Bonchev–Trinajstić information content (AvgIpc) is 2.47. The van der Waals surface area contributed by atoms with Gasteiger partial charge in [-0.15, -0.1) is 0 Å². The van der Waals surface area contributed by atoms with E-state index in [-0.39, 0.29) is 0 Å². The van der Waals surface area contributed by atoms with Crippen molar-refractivity contribution in [1.29, 1.82) is 0 Å². The molecule has 2 atom stereocenters. The van der Waals surface area contributed by atoms with Crippen LogP contribution in [0, 0.1) is 5.92 Å². The Morgan fingerprint density at radius 3 is 1.45 bits per heavy atom. The maximum absolute atomic E-state index is 6.06. The molecular formula is C19H41N. The van der Waals surface area contributed by atoms with E-state index in [0.717, 1.165) is 6.42 Å². The Balaban J connectivity index is 3.10. The predicted octanol–water partition coefficient (Wildman–Crippen LogP) is 6.45. The second-order valence-electron chi connectivity index (χ2n) is 6.73. The van der Waals surface area contributed by atoms with Gasteiger partial charge in [-0.05, 0) is 18.8 Å². The molecule has 0 heterocycles. The first kappa shape index (κ1) is 20.0. The normalized spacial score (nSPS) is 14.4. The van der Waals surface area contributed by atoms with Gasteiger partial charge in [-0.1, -0.05) is 97.8 Å². The fourth-order valence-electron chi connectivity index (χ4n) is 2.92. The van der Waals surface area contributed by atoms with Crippen molar-refractivity contribution < 1.29 is 0 Å². The van der Waals surface area contributed by atoms with Gasteiger partial charge in [0.2, 0.25) is 0 Å². The van der Waals surface area contributed by atoms with E-state index in [9.17, 15) is 0 Å². The van der Waals surface area contributed by atoms with Crippen molar-refractivity contribution >= 4 is 0 Å². The second kappa shape index (κ2) is 15.4. The van der Waals surface area contributed by atoms with E-state index in [1.807, 2.05) is 0 Å². The molecule has 122 valence electrons. The number of rotatable bonds is 15. The summed E-state index contributed by atoms with van der Waals surface area (Å²) >= 11 is 0. The molecule has 0 aliphatic heterocycles. The Labute approximate surface area is 129 Å². The molecular weight excluding hydrogens is 242 g/mol. The molecule has 0 bridgehead atoms. The van der Waals surface area contributed by atoms with Crippen molar-refractivity contribution in [1.82, 2.24) is 0 Å². The highest BCUT2D eigenvalue weighted by molar-refractivity contribution is 4.67. The molecule has 0 radical (unpaired) electrons. The van der Waals surface area contributed by atoms with Crippen LogP contribution in [0.4, 0.5) is 0 Å². The molecule has 0 amide bonds. The minimum absolute atomic E-state index is 0.419. The Morgan fingerprint density at radius 1 is 0.650 bits per heavy atom. The summed E-state index contributed by atoms with van der Waals surface area (Å²) in [5.41, 5.74) is 6.06. The van der Waals surface area contributed by atoms with Crippen molar-refractivity contribution in [3.8, 4) is 0 Å². The molecule has 2 N–H and O–H groups in total. The lowest BCUT2D eigenvalue weighted by Crippen LogP contribution is -2.27. The second-order valence-corrected chi connectivity index (χ2v) is 6.73. The van der Waals surface area contributed by atoms with Gasteiger partial charge >= 0.3 is 0 Å². The van der Waals surface area contributed by atoms with Crippen molar-refractivity contribution in [3.05, 3.63) is 0 Å². The van der Waals surface area contributed by atoms with Crippen LogP contribution in [0.5, 0.6) is 0 Å². The summed E-state index contributed by atoms with van der Waals surface area (Å²) in [6.45, 7) is 6.80. The van der Waals surface area contributed by atoms with Crippen LogP contribution in [0.2, 0.25) is 0 Å². The van der Waals surface area contributed by atoms with Gasteiger partial charge in [-0.25, -0.2) is 0 Å². The van der Waals surface area contributed by atoms with Gasteiger partial charge in [0.05, 0.1) is 0 Å². The van der Waals surface area contributed by atoms with Crippen LogP contribution >= 0.6 is 0 Å². The first-order valence-corrected chi connectivity index (χ1v) is 9.47. The maximum Gasteiger partial charge on any atom is 0.00619 e. The fraction of sp³-hybridized carbons (Fsp3) is 1.00. The number of hydrogen-bond acceptors (Lipinski definition) is 1. The Hall–Kier alpha value is -0.0400. The summed E-state index contributed by atoms with van der Waals surface area (Å²) in [5, 5.41) is 0. The summed E-state index contributed by atoms with van der Waals surface area (Å²) in [6.07, 6.45) is 19.7. The molecule has 0 aliphatic carbocycles. The van der Waals surface area contributed by atoms with Crippen molar-refractivity contribution in [2.75, 3.05) is 0 Å². The fourth-order valence-corrected chi connectivity index (χ4v) is 2.92. The lowest BCUT2D eigenvalue weighted by Gasteiger charge is -2.17. The SMILES string of the molecule is CCCCCCCCCCCCCCC(C)C(N)CC. The third-order valence-corrected chi connectivity index (χ3v) is 4.72. The van der Waals surface area contributed by atoms with Gasteiger partial charge < -0.3 is 5.73 Å². The summed E-state index contributed by atoms with van der Waals surface area (Å²) in [4.78, 5) is 0. The zero-order valence-electron chi connectivity index (χ0n) is 14.6. The average molecular weight is 284 g/mol. The van der Waals surface area contributed by atoms with E-state index < -0.39 is 0 Å². The van der Waals surface area contributed by atoms with E-state index in [1.54, 1.807) is 0 Å². The van der Waals surface area contributed by atoms with E-state index in [4.69, 9.17) is 5.73 Å². The molecule has 0 saturated heterocycles. The smallest absolute Gasteiger partial charge is 0.00619 e. The molecule has 0 saturated carbocycles. The van der Waals surface area contributed by atoms with Crippen LogP contribution in [0.25, 0.3) is 0 Å².